The van der Waals surface area contributed by atoms with Crippen molar-refractivity contribution in [1.82, 2.24) is 14.9 Å². The van der Waals surface area contributed by atoms with E-state index in [4.69, 9.17) is 9.84 Å². The Hall–Kier alpha value is -1.43. The van der Waals surface area contributed by atoms with Crippen LogP contribution in [0.3, 0.4) is 0 Å². The fourth-order valence-electron chi connectivity index (χ4n) is 2.24. The number of nitrogens with zero attached hydrogens (tertiary/aromatic N) is 2. The summed E-state index contributed by atoms with van der Waals surface area (Å²) in [5, 5.41) is 13.3. The van der Waals surface area contributed by atoms with Gasteiger partial charge >= 0.3 is 0 Å². The Bertz CT molecular complexity index is 525. The van der Waals surface area contributed by atoms with Crippen molar-refractivity contribution in [3.05, 3.63) is 30.1 Å². The first kappa shape index (κ1) is 15.0. The van der Waals surface area contributed by atoms with Crippen molar-refractivity contribution in [3.63, 3.8) is 0 Å². The van der Waals surface area contributed by atoms with Crippen LogP contribution in [-0.4, -0.2) is 41.0 Å². The molecule has 20 heavy (non-hydrogen) atoms. The van der Waals surface area contributed by atoms with Crippen molar-refractivity contribution < 1.29 is 9.84 Å². The van der Waals surface area contributed by atoms with Gasteiger partial charge in [0.15, 0.2) is 0 Å². The molecular weight excluding hydrogens is 254 g/mol. The molecule has 5 heteroatoms. The Morgan fingerprint density at radius 2 is 2.30 bits per heavy atom. The van der Waals surface area contributed by atoms with E-state index in [0.29, 0.717) is 13.2 Å². The van der Waals surface area contributed by atoms with Gasteiger partial charge in [0.05, 0.1) is 19.8 Å². The number of rotatable bonds is 9. The van der Waals surface area contributed by atoms with Gasteiger partial charge in [-0.15, -0.1) is 0 Å². The summed E-state index contributed by atoms with van der Waals surface area (Å²) in [4.78, 5) is 4.46. The summed E-state index contributed by atoms with van der Waals surface area (Å²) in [7, 11) is 0. The van der Waals surface area contributed by atoms with E-state index in [1.54, 1.807) is 0 Å². The molecular formula is C15H23N3O2. The van der Waals surface area contributed by atoms with Crippen LogP contribution in [0, 0.1) is 0 Å². The van der Waals surface area contributed by atoms with Crippen LogP contribution in [-0.2, 0) is 17.8 Å². The third-order valence-corrected chi connectivity index (χ3v) is 3.17. The number of ether oxygens (including phenoxy) is 1. The van der Waals surface area contributed by atoms with Crippen molar-refractivity contribution in [2.45, 2.75) is 26.4 Å². The minimum Gasteiger partial charge on any atom is -0.394 e. The summed E-state index contributed by atoms with van der Waals surface area (Å²) in [5.74, 6) is 0. The molecule has 0 aliphatic heterocycles. The maximum Gasteiger partial charge on any atom is 0.140 e. The summed E-state index contributed by atoms with van der Waals surface area (Å²) in [6.45, 7) is 5.84. The van der Waals surface area contributed by atoms with Crippen LogP contribution >= 0.6 is 0 Å². The van der Waals surface area contributed by atoms with E-state index in [0.717, 1.165) is 31.7 Å². The summed E-state index contributed by atoms with van der Waals surface area (Å²) in [5.41, 5.74) is 2.26. The number of aliphatic hydroxyl groups excluding tert-OH is 1. The molecule has 5 nitrogen and oxygen atoms in total. The molecule has 0 aliphatic rings. The summed E-state index contributed by atoms with van der Waals surface area (Å²) < 4.78 is 7.45. The number of aromatic nitrogens is 2. The quantitative estimate of drug-likeness (QED) is 0.683. The molecule has 0 saturated carbocycles. The predicted molar refractivity (Wildman–Crippen MR) is 79.6 cm³/mol. The van der Waals surface area contributed by atoms with E-state index in [1.165, 1.54) is 10.9 Å². The second kappa shape index (κ2) is 7.99. The zero-order valence-electron chi connectivity index (χ0n) is 12.0. The van der Waals surface area contributed by atoms with Gasteiger partial charge in [-0.3, -0.25) is 0 Å². The zero-order valence-corrected chi connectivity index (χ0v) is 12.0. The lowest BCUT2D eigenvalue weighted by Crippen LogP contribution is -2.13. The van der Waals surface area contributed by atoms with E-state index in [2.05, 4.69) is 34.1 Å². The maximum atomic E-state index is 8.71. The van der Waals surface area contributed by atoms with Gasteiger partial charge in [-0.25, -0.2) is 4.98 Å². The van der Waals surface area contributed by atoms with Gasteiger partial charge in [-0.1, -0.05) is 6.92 Å². The normalized spacial score (nSPS) is 11.3. The Kier molecular flexibility index (Phi) is 5.98. The number of hydrogen-bond donors (Lipinski definition) is 2. The first-order valence-corrected chi connectivity index (χ1v) is 7.19. The van der Waals surface area contributed by atoms with Crippen molar-refractivity contribution in [1.29, 1.82) is 0 Å². The molecule has 0 unspecified atom stereocenters. The lowest BCUT2D eigenvalue weighted by Gasteiger charge is -2.04. The van der Waals surface area contributed by atoms with E-state index < -0.39 is 0 Å². The molecule has 2 N–H and O–H groups in total. The molecule has 0 saturated heterocycles. The highest BCUT2D eigenvalue weighted by molar-refractivity contribution is 5.80. The Morgan fingerprint density at radius 1 is 1.40 bits per heavy atom. The van der Waals surface area contributed by atoms with Crippen molar-refractivity contribution in [3.8, 4) is 0 Å². The van der Waals surface area contributed by atoms with Gasteiger partial charge < -0.3 is 19.7 Å². The fourth-order valence-corrected chi connectivity index (χ4v) is 2.24. The molecule has 0 fully saturated rings. The minimum absolute atomic E-state index is 0.0663. The Labute approximate surface area is 119 Å². The molecule has 0 atom stereocenters. The number of pyridine rings is 1. The zero-order chi connectivity index (χ0) is 14.2. The van der Waals surface area contributed by atoms with Crippen LogP contribution < -0.4 is 5.32 Å². The van der Waals surface area contributed by atoms with Crippen LogP contribution in [0.1, 0.15) is 18.9 Å². The average molecular weight is 277 g/mol. The molecule has 2 aromatic rings. The summed E-state index contributed by atoms with van der Waals surface area (Å²) in [6, 6.07) is 4.08. The molecule has 0 aliphatic carbocycles. The molecule has 0 bridgehead atoms. The van der Waals surface area contributed by atoms with Gasteiger partial charge in [-0.2, -0.15) is 0 Å². The second-order valence-corrected chi connectivity index (χ2v) is 4.74. The van der Waals surface area contributed by atoms with Crippen LogP contribution in [0.25, 0.3) is 11.0 Å². The summed E-state index contributed by atoms with van der Waals surface area (Å²) in [6.07, 6.45) is 5.09. The van der Waals surface area contributed by atoms with E-state index >= 15 is 0 Å². The molecule has 2 heterocycles. The number of nitrogens with one attached hydrogen (secondary N) is 1. The molecule has 0 radical (unpaired) electrons. The van der Waals surface area contributed by atoms with Crippen LogP contribution in [0.15, 0.2) is 24.5 Å². The van der Waals surface area contributed by atoms with Gasteiger partial charge in [0.25, 0.3) is 0 Å². The van der Waals surface area contributed by atoms with Crippen LogP contribution in [0.5, 0.6) is 0 Å². The third-order valence-electron chi connectivity index (χ3n) is 3.17. The number of aliphatic hydroxyl groups is 1. The monoisotopic (exact) mass is 277 g/mol. The van der Waals surface area contributed by atoms with Gasteiger partial charge in [-0.05, 0) is 30.7 Å². The predicted octanol–water partition coefficient (Wildman–Crippen LogP) is 1.54. The molecule has 0 amide bonds. The number of fused-ring (bicyclic) bond motifs is 1. The van der Waals surface area contributed by atoms with Crippen LogP contribution in [0.4, 0.5) is 0 Å². The first-order chi connectivity index (χ1) is 9.86. The second-order valence-electron chi connectivity index (χ2n) is 4.74. The Morgan fingerprint density at radius 3 is 3.10 bits per heavy atom. The standard InChI is InChI=1S/C15H23N3O2/c1-2-5-16-11-13-12-18(7-9-20-10-8-19)15-14(13)4-3-6-17-15/h3-4,6,12,16,19H,2,5,7-11H2,1H3. The van der Waals surface area contributed by atoms with Crippen molar-refractivity contribution >= 4 is 11.0 Å². The highest BCUT2D eigenvalue weighted by Gasteiger charge is 2.08. The van der Waals surface area contributed by atoms with Gasteiger partial charge in [0.2, 0.25) is 0 Å². The average Bonchev–Trinajstić information content (AvgIpc) is 2.83. The van der Waals surface area contributed by atoms with Crippen molar-refractivity contribution in [2.24, 2.45) is 0 Å². The van der Waals surface area contributed by atoms with Gasteiger partial charge in [0, 0.05) is 30.9 Å². The highest BCUT2D eigenvalue weighted by atomic mass is 16.5. The summed E-state index contributed by atoms with van der Waals surface area (Å²) >= 11 is 0. The topological polar surface area (TPSA) is 59.3 Å². The number of hydrogen-bond acceptors (Lipinski definition) is 4. The Balaban J connectivity index is 2.09. The minimum atomic E-state index is 0.0663. The lowest BCUT2D eigenvalue weighted by molar-refractivity contribution is 0.0874. The smallest absolute Gasteiger partial charge is 0.140 e. The van der Waals surface area contributed by atoms with Crippen molar-refractivity contribution in [2.75, 3.05) is 26.4 Å². The third kappa shape index (κ3) is 3.79. The van der Waals surface area contributed by atoms with Crippen LogP contribution in [0.2, 0.25) is 0 Å². The molecule has 0 aromatic carbocycles. The molecule has 2 aromatic heterocycles. The SMILES string of the molecule is CCCNCc1cn(CCOCCO)c2ncccc12. The largest absolute Gasteiger partial charge is 0.394 e. The molecule has 110 valence electrons. The lowest BCUT2D eigenvalue weighted by atomic mass is 10.2. The van der Waals surface area contributed by atoms with E-state index in [9.17, 15) is 0 Å². The molecule has 2 rings (SSSR count). The first-order valence-electron chi connectivity index (χ1n) is 7.19. The van der Waals surface area contributed by atoms with E-state index in [1.807, 2.05) is 12.3 Å². The fraction of sp³-hybridized carbons (Fsp3) is 0.533. The maximum absolute atomic E-state index is 8.71. The van der Waals surface area contributed by atoms with Gasteiger partial charge in [0.1, 0.15) is 5.65 Å². The highest BCUT2D eigenvalue weighted by Crippen LogP contribution is 2.19. The van der Waals surface area contributed by atoms with E-state index in [-0.39, 0.29) is 6.61 Å². The molecule has 0 spiro atoms.